The molecule has 2 saturated heterocycles. The Hall–Kier alpha value is -1.56. The summed E-state index contributed by atoms with van der Waals surface area (Å²) in [6.45, 7) is 7.55. The third-order valence-electron chi connectivity index (χ3n) is 5.84. The van der Waals surface area contributed by atoms with E-state index >= 15 is 0 Å². The van der Waals surface area contributed by atoms with Crippen LogP contribution in [0.15, 0.2) is 12.2 Å². The van der Waals surface area contributed by atoms with Crippen molar-refractivity contribution in [2.24, 2.45) is 5.92 Å². The van der Waals surface area contributed by atoms with E-state index in [2.05, 4.69) is 22.4 Å². The summed E-state index contributed by atoms with van der Waals surface area (Å²) in [7, 11) is 0. The molecule has 2 aliphatic heterocycles. The maximum Gasteiger partial charge on any atom is 0.317 e. The molecule has 0 aromatic rings. The number of amides is 3. The van der Waals surface area contributed by atoms with Crippen LogP contribution in [0.3, 0.4) is 0 Å². The van der Waals surface area contributed by atoms with Gasteiger partial charge in [0.1, 0.15) is 0 Å². The molecule has 6 heteroatoms. The second-order valence-corrected chi connectivity index (χ2v) is 7.57. The molecular formula is C19H32N4O2. The number of rotatable bonds is 4. The average Bonchev–Trinajstić information content (AvgIpc) is 3.20. The molecule has 2 heterocycles. The zero-order valence-electron chi connectivity index (χ0n) is 15.5. The van der Waals surface area contributed by atoms with Crippen LogP contribution >= 0.6 is 0 Å². The molecule has 0 saturated carbocycles. The largest absolute Gasteiger partial charge is 0.341 e. The highest BCUT2D eigenvalue weighted by atomic mass is 16.2. The first-order valence-electron chi connectivity index (χ1n) is 9.86. The molecule has 6 nitrogen and oxygen atoms in total. The zero-order chi connectivity index (χ0) is 17.6. The highest BCUT2D eigenvalue weighted by Crippen LogP contribution is 2.17. The lowest BCUT2D eigenvalue weighted by Gasteiger charge is -2.38. The fourth-order valence-electron chi connectivity index (χ4n) is 4.06. The number of nitrogens with one attached hydrogen (secondary N) is 1. The van der Waals surface area contributed by atoms with Crippen LogP contribution in [0.4, 0.5) is 4.79 Å². The number of likely N-dealkylation sites (tertiary alicyclic amines) is 1. The van der Waals surface area contributed by atoms with E-state index in [9.17, 15) is 9.59 Å². The Morgan fingerprint density at radius 1 is 1.04 bits per heavy atom. The summed E-state index contributed by atoms with van der Waals surface area (Å²) in [5, 5.41) is 3.09. The first kappa shape index (κ1) is 18.2. The van der Waals surface area contributed by atoms with Crippen LogP contribution in [0.25, 0.3) is 0 Å². The predicted octanol–water partition coefficient (Wildman–Crippen LogP) is 1.68. The lowest BCUT2D eigenvalue weighted by molar-refractivity contribution is -0.135. The van der Waals surface area contributed by atoms with E-state index in [4.69, 9.17) is 0 Å². The molecule has 0 unspecified atom stereocenters. The molecule has 1 N–H and O–H groups in total. The molecule has 3 rings (SSSR count). The lowest BCUT2D eigenvalue weighted by Crippen LogP contribution is -2.56. The minimum atomic E-state index is -0.0719. The van der Waals surface area contributed by atoms with Gasteiger partial charge in [-0.1, -0.05) is 12.2 Å². The van der Waals surface area contributed by atoms with Crippen molar-refractivity contribution in [3.05, 3.63) is 12.2 Å². The predicted molar refractivity (Wildman–Crippen MR) is 98.3 cm³/mol. The Bertz CT molecular complexity index is 494. The van der Waals surface area contributed by atoms with Gasteiger partial charge < -0.3 is 15.1 Å². The average molecular weight is 348 g/mol. The van der Waals surface area contributed by atoms with E-state index in [-0.39, 0.29) is 18.0 Å². The molecular weight excluding hydrogens is 316 g/mol. The smallest absolute Gasteiger partial charge is 0.317 e. The van der Waals surface area contributed by atoms with Crippen LogP contribution < -0.4 is 5.32 Å². The molecule has 2 fully saturated rings. The molecule has 0 aromatic carbocycles. The third kappa shape index (κ3) is 4.75. The third-order valence-corrected chi connectivity index (χ3v) is 5.84. The van der Waals surface area contributed by atoms with Gasteiger partial charge in [-0.3, -0.25) is 9.69 Å². The molecule has 0 radical (unpaired) electrons. The summed E-state index contributed by atoms with van der Waals surface area (Å²) in [5.74, 6) is 0.828. The van der Waals surface area contributed by atoms with Crippen molar-refractivity contribution in [1.82, 2.24) is 20.0 Å². The summed E-state index contributed by atoms with van der Waals surface area (Å²) >= 11 is 0. The monoisotopic (exact) mass is 348 g/mol. The molecule has 25 heavy (non-hydrogen) atoms. The summed E-state index contributed by atoms with van der Waals surface area (Å²) in [4.78, 5) is 31.0. The van der Waals surface area contributed by atoms with Gasteiger partial charge in [0, 0.05) is 45.8 Å². The number of urea groups is 1. The number of hydrogen-bond donors (Lipinski definition) is 1. The van der Waals surface area contributed by atoms with Crippen LogP contribution in [0.1, 0.15) is 39.0 Å². The van der Waals surface area contributed by atoms with Crippen LogP contribution in [0.2, 0.25) is 0 Å². The van der Waals surface area contributed by atoms with E-state index < -0.39 is 0 Å². The van der Waals surface area contributed by atoms with Crippen molar-refractivity contribution in [3.63, 3.8) is 0 Å². The van der Waals surface area contributed by atoms with Gasteiger partial charge in [-0.15, -0.1) is 0 Å². The normalized spacial score (nSPS) is 25.9. The van der Waals surface area contributed by atoms with Gasteiger partial charge in [0.2, 0.25) is 5.91 Å². The first-order valence-corrected chi connectivity index (χ1v) is 9.86. The SMILES string of the molecule is C[C@@H](C(=O)N1CCCC1)N1CCN(C(=O)NC[C@@H]2CC=CCC2)CC1. The highest BCUT2D eigenvalue weighted by molar-refractivity contribution is 5.81. The fraction of sp³-hybridized carbons (Fsp3) is 0.789. The van der Waals surface area contributed by atoms with Gasteiger partial charge in [-0.25, -0.2) is 4.79 Å². The van der Waals surface area contributed by atoms with Gasteiger partial charge in [0.25, 0.3) is 0 Å². The zero-order valence-corrected chi connectivity index (χ0v) is 15.5. The molecule has 3 aliphatic rings. The van der Waals surface area contributed by atoms with Crippen molar-refractivity contribution in [3.8, 4) is 0 Å². The number of piperazine rings is 1. The molecule has 2 atom stereocenters. The molecule has 0 aromatic heterocycles. The highest BCUT2D eigenvalue weighted by Gasteiger charge is 2.31. The standard InChI is InChI=1S/C19H32N4O2/c1-16(18(24)22-9-5-6-10-22)21-11-13-23(14-12-21)19(25)20-15-17-7-3-2-4-8-17/h2-3,16-17H,4-15H2,1H3,(H,20,25)/t16-,17+/m0/s1. The molecule has 0 spiro atoms. The van der Waals surface area contributed by atoms with Crippen LogP contribution in [-0.2, 0) is 4.79 Å². The Balaban J connectivity index is 1.39. The minimum Gasteiger partial charge on any atom is -0.341 e. The number of carbonyl (C=O) groups is 2. The molecule has 1 aliphatic carbocycles. The van der Waals surface area contributed by atoms with E-state index in [1.807, 2.05) is 16.7 Å². The number of carbonyl (C=O) groups excluding carboxylic acids is 2. The van der Waals surface area contributed by atoms with Crippen LogP contribution in [-0.4, -0.2) is 78.5 Å². The van der Waals surface area contributed by atoms with E-state index in [1.165, 1.54) is 6.42 Å². The van der Waals surface area contributed by atoms with Gasteiger partial charge >= 0.3 is 6.03 Å². The Labute approximate surface area is 151 Å². The lowest BCUT2D eigenvalue weighted by atomic mass is 9.94. The maximum atomic E-state index is 12.5. The van der Waals surface area contributed by atoms with E-state index in [1.54, 1.807) is 0 Å². The van der Waals surface area contributed by atoms with Crippen LogP contribution in [0, 0.1) is 5.92 Å². The summed E-state index contributed by atoms with van der Waals surface area (Å²) in [6, 6.07) is -0.0231. The number of nitrogens with zero attached hydrogens (tertiary/aromatic N) is 3. The molecule has 140 valence electrons. The van der Waals surface area contributed by atoms with Gasteiger partial charge in [-0.05, 0) is 44.9 Å². The Kier molecular flexibility index (Phi) is 6.34. The minimum absolute atomic E-state index is 0.0488. The maximum absolute atomic E-state index is 12.5. The molecule has 0 bridgehead atoms. The Morgan fingerprint density at radius 2 is 1.76 bits per heavy atom. The number of hydrogen-bond acceptors (Lipinski definition) is 3. The summed E-state index contributed by atoms with van der Waals surface area (Å²) < 4.78 is 0. The van der Waals surface area contributed by atoms with Gasteiger partial charge in [0.05, 0.1) is 6.04 Å². The Morgan fingerprint density at radius 3 is 2.40 bits per heavy atom. The quantitative estimate of drug-likeness (QED) is 0.787. The first-order chi connectivity index (χ1) is 12.1. The van der Waals surface area contributed by atoms with Gasteiger partial charge in [-0.2, -0.15) is 0 Å². The van der Waals surface area contributed by atoms with E-state index in [0.717, 1.165) is 58.4 Å². The van der Waals surface area contributed by atoms with Crippen molar-refractivity contribution < 1.29 is 9.59 Å². The van der Waals surface area contributed by atoms with Crippen LogP contribution in [0.5, 0.6) is 0 Å². The molecule has 3 amide bonds. The summed E-state index contributed by atoms with van der Waals surface area (Å²) in [6.07, 6.45) is 10.1. The second-order valence-electron chi connectivity index (χ2n) is 7.57. The topological polar surface area (TPSA) is 55.9 Å². The second kappa shape index (κ2) is 8.70. The number of allylic oxidation sites excluding steroid dienone is 2. The van der Waals surface area contributed by atoms with Crippen molar-refractivity contribution in [2.45, 2.75) is 45.1 Å². The van der Waals surface area contributed by atoms with Gasteiger partial charge in [0.15, 0.2) is 0 Å². The van der Waals surface area contributed by atoms with Crippen molar-refractivity contribution >= 4 is 11.9 Å². The van der Waals surface area contributed by atoms with Crippen molar-refractivity contribution in [2.75, 3.05) is 45.8 Å². The van der Waals surface area contributed by atoms with Crippen molar-refractivity contribution in [1.29, 1.82) is 0 Å². The fourth-order valence-corrected chi connectivity index (χ4v) is 4.06. The van der Waals surface area contributed by atoms with E-state index in [0.29, 0.717) is 19.0 Å². The summed E-state index contributed by atoms with van der Waals surface area (Å²) in [5.41, 5.74) is 0.